The maximum atomic E-state index is 12.9. The van der Waals surface area contributed by atoms with Gasteiger partial charge in [0.2, 0.25) is 0 Å². The molecule has 1 saturated carbocycles. The van der Waals surface area contributed by atoms with E-state index in [-0.39, 0.29) is 11.9 Å². The molecule has 0 bridgehead atoms. The van der Waals surface area contributed by atoms with Gasteiger partial charge in [0.1, 0.15) is 23.7 Å². The molecule has 3 aromatic rings. The highest BCUT2D eigenvalue weighted by Crippen LogP contribution is 2.40. The van der Waals surface area contributed by atoms with E-state index in [4.69, 9.17) is 0 Å². The van der Waals surface area contributed by atoms with Crippen LogP contribution in [0.2, 0.25) is 0 Å². The third kappa shape index (κ3) is 3.12. The summed E-state index contributed by atoms with van der Waals surface area (Å²) in [6.45, 7) is 4.62. The molecule has 1 amide bonds. The maximum absolute atomic E-state index is 12.9. The van der Waals surface area contributed by atoms with Crippen LogP contribution < -0.4 is 5.32 Å². The van der Waals surface area contributed by atoms with Crippen LogP contribution in [0, 0.1) is 12.8 Å². The molecule has 0 radical (unpaired) electrons. The molecule has 4 rings (SSSR count). The number of aryl methyl sites for hydroxylation is 2. The molecule has 1 atom stereocenters. The Bertz CT molecular complexity index is 909. The highest BCUT2D eigenvalue weighted by molar-refractivity contribution is 5.94. The van der Waals surface area contributed by atoms with Gasteiger partial charge in [0, 0.05) is 17.8 Å². The number of aromatic amines is 1. The fraction of sp³-hybridized carbons (Fsp3) is 0.368. The number of carbonyl (C=O) groups is 1. The van der Waals surface area contributed by atoms with Crippen molar-refractivity contribution < 1.29 is 4.79 Å². The number of aromatic nitrogens is 5. The lowest BCUT2D eigenvalue weighted by atomic mass is 10.1. The Labute approximate surface area is 151 Å². The number of carbonyl (C=O) groups excluding carboxylic acids is 1. The van der Waals surface area contributed by atoms with E-state index in [9.17, 15) is 4.79 Å². The molecule has 1 aliphatic rings. The van der Waals surface area contributed by atoms with Crippen molar-refractivity contribution >= 4 is 5.91 Å². The first-order chi connectivity index (χ1) is 12.7. The Hall–Kier alpha value is -2.96. The Morgan fingerprint density at radius 3 is 2.81 bits per heavy atom. The van der Waals surface area contributed by atoms with Gasteiger partial charge in [-0.3, -0.25) is 4.79 Å². The quantitative estimate of drug-likeness (QED) is 0.715. The number of hydrogen-bond donors (Lipinski definition) is 2. The lowest BCUT2D eigenvalue weighted by Crippen LogP contribution is -2.32. The van der Waals surface area contributed by atoms with Crippen LogP contribution in [-0.2, 0) is 6.54 Å². The van der Waals surface area contributed by atoms with Crippen LogP contribution in [0.1, 0.15) is 47.8 Å². The summed E-state index contributed by atoms with van der Waals surface area (Å²) >= 11 is 0. The molecular weight excluding hydrogens is 328 g/mol. The van der Waals surface area contributed by atoms with Crippen LogP contribution in [0.5, 0.6) is 0 Å². The average Bonchev–Trinajstić information content (AvgIpc) is 3.26. The number of hydrogen-bond acceptors (Lipinski definition) is 4. The van der Waals surface area contributed by atoms with E-state index in [1.54, 1.807) is 6.33 Å². The summed E-state index contributed by atoms with van der Waals surface area (Å²) < 4.78 is 1.84. The minimum atomic E-state index is -0.177. The topological polar surface area (TPSA) is 88.5 Å². The fourth-order valence-corrected chi connectivity index (χ4v) is 3.20. The van der Waals surface area contributed by atoms with Crippen LogP contribution in [0.25, 0.3) is 11.4 Å². The molecule has 1 fully saturated rings. The highest BCUT2D eigenvalue weighted by atomic mass is 16.2. The second-order valence-electron chi connectivity index (χ2n) is 6.65. The minimum absolute atomic E-state index is 0.124. The molecule has 0 saturated heterocycles. The summed E-state index contributed by atoms with van der Waals surface area (Å²) in [5.41, 5.74) is 2.14. The van der Waals surface area contributed by atoms with Gasteiger partial charge >= 0.3 is 0 Å². The lowest BCUT2D eigenvalue weighted by molar-refractivity contribution is 0.0923. The summed E-state index contributed by atoms with van der Waals surface area (Å²) in [7, 11) is 0. The van der Waals surface area contributed by atoms with Gasteiger partial charge in [-0.2, -0.15) is 5.10 Å². The average molecular weight is 350 g/mol. The number of nitrogens with zero attached hydrogens (tertiary/aromatic N) is 4. The summed E-state index contributed by atoms with van der Waals surface area (Å²) in [6.07, 6.45) is 3.74. The van der Waals surface area contributed by atoms with E-state index in [1.165, 1.54) is 0 Å². The monoisotopic (exact) mass is 350 g/mol. The van der Waals surface area contributed by atoms with E-state index in [2.05, 4.69) is 25.4 Å². The van der Waals surface area contributed by atoms with Crippen molar-refractivity contribution in [2.24, 2.45) is 5.92 Å². The largest absolute Gasteiger partial charge is 0.341 e. The Morgan fingerprint density at radius 2 is 2.12 bits per heavy atom. The first kappa shape index (κ1) is 16.5. The van der Waals surface area contributed by atoms with E-state index in [0.29, 0.717) is 17.4 Å². The van der Waals surface area contributed by atoms with Crippen LogP contribution in [0.4, 0.5) is 0 Å². The lowest BCUT2D eigenvalue weighted by Gasteiger charge is -2.17. The summed E-state index contributed by atoms with van der Waals surface area (Å²) in [5.74, 6) is 1.76. The molecule has 0 spiro atoms. The van der Waals surface area contributed by atoms with Gasteiger partial charge < -0.3 is 10.3 Å². The number of nitrogens with one attached hydrogen (secondary N) is 2. The van der Waals surface area contributed by atoms with Gasteiger partial charge in [0.15, 0.2) is 0 Å². The molecule has 0 aliphatic heterocycles. The molecule has 7 heteroatoms. The van der Waals surface area contributed by atoms with Gasteiger partial charge in [-0.05, 0) is 32.6 Å². The zero-order chi connectivity index (χ0) is 18.1. The summed E-state index contributed by atoms with van der Waals surface area (Å²) in [6, 6.07) is 9.67. The predicted octanol–water partition coefficient (Wildman–Crippen LogP) is 2.88. The molecule has 26 heavy (non-hydrogen) atoms. The Morgan fingerprint density at radius 1 is 1.35 bits per heavy atom. The maximum Gasteiger partial charge on any atom is 0.272 e. The predicted molar refractivity (Wildman–Crippen MR) is 97.4 cm³/mol. The van der Waals surface area contributed by atoms with Crippen LogP contribution >= 0.6 is 0 Å². The number of imidazole rings is 1. The van der Waals surface area contributed by atoms with Crippen molar-refractivity contribution in [2.75, 3.05) is 0 Å². The van der Waals surface area contributed by atoms with Crippen molar-refractivity contribution in [3.63, 3.8) is 0 Å². The van der Waals surface area contributed by atoms with Crippen molar-refractivity contribution in [3.05, 3.63) is 53.9 Å². The summed E-state index contributed by atoms with van der Waals surface area (Å²) in [5, 5.41) is 7.37. The Kier molecular flexibility index (Phi) is 4.28. The normalized spacial score (nSPS) is 15.0. The fourth-order valence-electron chi connectivity index (χ4n) is 3.20. The van der Waals surface area contributed by atoms with Crippen LogP contribution in [0.3, 0.4) is 0 Å². The SMILES string of the molecule is CCn1ncnc1[C@H](NC(=O)c1nc(-c2ccccc2)[nH]c1C)C1CC1. The number of amides is 1. The molecule has 7 nitrogen and oxygen atoms in total. The van der Waals surface area contributed by atoms with Gasteiger partial charge in [0.05, 0.1) is 6.04 Å². The van der Waals surface area contributed by atoms with Gasteiger partial charge in [-0.1, -0.05) is 30.3 Å². The standard InChI is InChI=1S/C19H22N6O/c1-3-25-18(20-11-21-25)16(13-9-10-13)24-19(26)15-12(2)22-17(23-15)14-7-5-4-6-8-14/h4-8,11,13,16H,3,9-10H2,1-2H3,(H,22,23)(H,24,26)/t16-/m1/s1. The van der Waals surface area contributed by atoms with Gasteiger partial charge in [0.25, 0.3) is 5.91 Å². The van der Waals surface area contributed by atoms with Crippen molar-refractivity contribution in [1.82, 2.24) is 30.0 Å². The van der Waals surface area contributed by atoms with E-state index >= 15 is 0 Å². The number of rotatable bonds is 6. The first-order valence-corrected chi connectivity index (χ1v) is 8.98. The molecule has 0 unspecified atom stereocenters. The smallest absolute Gasteiger partial charge is 0.272 e. The summed E-state index contributed by atoms with van der Waals surface area (Å²) in [4.78, 5) is 25.0. The van der Waals surface area contributed by atoms with Crippen LogP contribution in [-0.4, -0.2) is 30.6 Å². The number of H-pyrrole nitrogens is 1. The molecule has 134 valence electrons. The molecule has 1 aromatic carbocycles. The number of benzene rings is 1. The van der Waals surface area contributed by atoms with Crippen molar-refractivity contribution in [2.45, 2.75) is 39.3 Å². The van der Waals surface area contributed by atoms with Crippen molar-refractivity contribution in [1.29, 1.82) is 0 Å². The molecule has 1 aliphatic carbocycles. The highest BCUT2D eigenvalue weighted by Gasteiger charge is 2.37. The first-order valence-electron chi connectivity index (χ1n) is 8.98. The second-order valence-corrected chi connectivity index (χ2v) is 6.65. The molecule has 2 heterocycles. The third-order valence-corrected chi connectivity index (χ3v) is 4.75. The zero-order valence-electron chi connectivity index (χ0n) is 14.9. The minimum Gasteiger partial charge on any atom is -0.341 e. The zero-order valence-corrected chi connectivity index (χ0v) is 14.9. The molecule has 2 N–H and O–H groups in total. The van der Waals surface area contributed by atoms with E-state index in [0.717, 1.165) is 36.5 Å². The Balaban J connectivity index is 1.58. The second kappa shape index (κ2) is 6.74. The van der Waals surface area contributed by atoms with E-state index in [1.807, 2.05) is 48.9 Å². The van der Waals surface area contributed by atoms with Gasteiger partial charge in [-0.15, -0.1) is 0 Å². The van der Waals surface area contributed by atoms with Crippen molar-refractivity contribution in [3.8, 4) is 11.4 Å². The van der Waals surface area contributed by atoms with Crippen LogP contribution in [0.15, 0.2) is 36.7 Å². The molecule has 2 aromatic heterocycles. The van der Waals surface area contributed by atoms with Gasteiger partial charge in [-0.25, -0.2) is 14.6 Å². The third-order valence-electron chi connectivity index (χ3n) is 4.75. The van der Waals surface area contributed by atoms with E-state index < -0.39 is 0 Å². The molecular formula is C19H22N6O.